The molecule has 0 spiro atoms. The van der Waals surface area contributed by atoms with E-state index in [0.29, 0.717) is 0 Å². The molecule has 0 radical (unpaired) electrons. The van der Waals surface area contributed by atoms with Crippen LogP contribution in [0.4, 0.5) is 0 Å². The minimum absolute atomic E-state index is 0.0602. The predicted molar refractivity (Wildman–Crippen MR) is 39.3 cm³/mol. The van der Waals surface area contributed by atoms with E-state index in [0.717, 1.165) is 0 Å². The third-order valence-corrected chi connectivity index (χ3v) is 1.62. The number of hydrogen-bond acceptors (Lipinski definition) is 5. The second kappa shape index (κ2) is 2.93. The van der Waals surface area contributed by atoms with Crippen LogP contribution in [-0.2, 0) is 9.47 Å². The van der Waals surface area contributed by atoms with Crippen molar-refractivity contribution in [1.82, 2.24) is 0 Å². The molecular formula is C8H6O5. The molecule has 0 saturated carbocycles. The second-order valence-corrected chi connectivity index (χ2v) is 2.44. The molecule has 0 aromatic carbocycles. The van der Waals surface area contributed by atoms with Gasteiger partial charge in [0.1, 0.15) is 18.8 Å². The number of furan rings is 1. The predicted octanol–water partition coefficient (Wildman–Crippen LogP) is 0.607. The SMILES string of the molecule is O=C1OCCOC(=O)c2occc21. The van der Waals surface area contributed by atoms with Gasteiger partial charge in [-0.25, -0.2) is 9.59 Å². The molecule has 1 aromatic heterocycles. The number of ether oxygens (including phenoxy) is 2. The lowest BCUT2D eigenvalue weighted by Crippen LogP contribution is -2.20. The van der Waals surface area contributed by atoms with Gasteiger partial charge in [-0.2, -0.15) is 0 Å². The van der Waals surface area contributed by atoms with Crippen molar-refractivity contribution < 1.29 is 23.5 Å². The molecule has 68 valence electrons. The van der Waals surface area contributed by atoms with Crippen LogP contribution in [0.5, 0.6) is 0 Å². The Morgan fingerprint density at radius 2 is 1.77 bits per heavy atom. The Morgan fingerprint density at radius 3 is 2.54 bits per heavy atom. The zero-order valence-electron chi connectivity index (χ0n) is 6.61. The van der Waals surface area contributed by atoms with Gasteiger partial charge in [0.2, 0.25) is 5.76 Å². The highest BCUT2D eigenvalue weighted by atomic mass is 16.6. The molecule has 1 aliphatic rings. The maximum absolute atomic E-state index is 11.2. The van der Waals surface area contributed by atoms with Crippen LogP contribution in [0.2, 0.25) is 0 Å². The highest BCUT2D eigenvalue weighted by Gasteiger charge is 2.25. The summed E-state index contributed by atoms with van der Waals surface area (Å²) in [6.07, 6.45) is 1.25. The topological polar surface area (TPSA) is 65.7 Å². The van der Waals surface area contributed by atoms with Gasteiger partial charge in [0.15, 0.2) is 0 Å². The largest absolute Gasteiger partial charge is 0.458 e. The average Bonchev–Trinajstić information content (AvgIpc) is 2.57. The number of esters is 2. The lowest BCUT2D eigenvalue weighted by atomic mass is 10.2. The summed E-state index contributed by atoms with van der Waals surface area (Å²) in [5, 5.41) is 0. The Morgan fingerprint density at radius 1 is 1.08 bits per heavy atom. The minimum atomic E-state index is -0.628. The molecule has 0 unspecified atom stereocenters. The fraction of sp³-hybridized carbons (Fsp3) is 0.250. The van der Waals surface area contributed by atoms with E-state index in [9.17, 15) is 9.59 Å². The van der Waals surface area contributed by atoms with E-state index >= 15 is 0 Å². The van der Waals surface area contributed by atoms with Gasteiger partial charge in [0.25, 0.3) is 0 Å². The van der Waals surface area contributed by atoms with Crippen LogP contribution >= 0.6 is 0 Å². The summed E-state index contributed by atoms with van der Waals surface area (Å²) in [4.78, 5) is 22.3. The van der Waals surface area contributed by atoms with Crippen molar-refractivity contribution in [3.05, 3.63) is 23.7 Å². The number of fused-ring (bicyclic) bond motifs is 1. The van der Waals surface area contributed by atoms with E-state index in [-0.39, 0.29) is 24.5 Å². The minimum Gasteiger partial charge on any atom is -0.458 e. The zero-order chi connectivity index (χ0) is 9.26. The number of carbonyl (C=O) groups excluding carboxylic acids is 2. The monoisotopic (exact) mass is 182 g/mol. The summed E-state index contributed by atoms with van der Waals surface area (Å²) in [5.74, 6) is -1.28. The second-order valence-electron chi connectivity index (χ2n) is 2.44. The van der Waals surface area contributed by atoms with Gasteiger partial charge in [0.05, 0.1) is 6.26 Å². The third kappa shape index (κ3) is 1.28. The summed E-state index contributed by atoms with van der Waals surface area (Å²) in [6, 6.07) is 1.38. The summed E-state index contributed by atoms with van der Waals surface area (Å²) < 4.78 is 14.2. The van der Waals surface area contributed by atoms with Gasteiger partial charge in [0, 0.05) is 0 Å². The number of hydrogen-bond donors (Lipinski definition) is 0. The van der Waals surface area contributed by atoms with E-state index < -0.39 is 11.9 Å². The standard InChI is InChI=1S/C8H6O5/c9-7-5-1-2-11-6(5)8(10)13-4-3-12-7/h1-2H,3-4H2. The van der Waals surface area contributed by atoms with Crippen LogP contribution in [0.3, 0.4) is 0 Å². The molecule has 2 heterocycles. The van der Waals surface area contributed by atoms with Crippen molar-refractivity contribution >= 4 is 11.9 Å². The molecule has 0 atom stereocenters. The van der Waals surface area contributed by atoms with Gasteiger partial charge < -0.3 is 13.9 Å². The van der Waals surface area contributed by atoms with E-state index in [1.165, 1.54) is 12.3 Å². The average molecular weight is 182 g/mol. The van der Waals surface area contributed by atoms with Crippen LogP contribution in [0.1, 0.15) is 20.9 Å². The molecule has 1 aliphatic heterocycles. The van der Waals surface area contributed by atoms with Crippen LogP contribution in [0.15, 0.2) is 16.7 Å². The summed E-state index contributed by atoms with van der Waals surface area (Å²) >= 11 is 0. The first-order chi connectivity index (χ1) is 6.29. The maximum Gasteiger partial charge on any atom is 0.375 e. The summed E-state index contributed by atoms with van der Waals surface area (Å²) in [5.41, 5.74) is 0.115. The molecule has 2 rings (SSSR count). The molecule has 0 fully saturated rings. The lowest BCUT2D eigenvalue weighted by Gasteiger charge is -2.09. The molecule has 1 aromatic rings. The molecule has 0 bridgehead atoms. The first kappa shape index (κ1) is 7.85. The highest BCUT2D eigenvalue weighted by molar-refractivity contribution is 6.01. The van der Waals surface area contributed by atoms with E-state index in [1.54, 1.807) is 0 Å². The Bertz CT molecular complexity index is 319. The Balaban J connectivity index is 2.44. The fourth-order valence-electron chi connectivity index (χ4n) is 1.04. The van der Waals surface area contributed by atoms with Crippen molar-refractivity contribution in [2.75, 3.05) is 13.2 Å². The third-order valence-electron chi connectivity index (χ3n) is 1.62. The molecule has 0 amide bonds. The maximum atomic E-state index is 11.2. The van der Waals surface area contributed by atoms with Gasteiger partial charge in [-0.05, 0) is 6.07 Å². The van der Waals surface area contributed by atoms with Gasteiger partial charge in [-0.3, -0.25) is 0 Å². The lowest BCUT2D eigenvalue weighted by molar-refractivity contribution is 0.0200. The van der Waals surface area contributed by atoms with Crippen molar-refractivity contribution in [1.29, 1.82) is 0 Å². The first-order valence-corrected chi connectivity index (χ1v) is 3.71. The van der Waals surface area contributed by atoms with Crippen molar-refractivity contribution in [3.63, 3.8) is 0 Å². The van der Waals surface area contributed by atoms with Crippen LogP contribution in [-0.4, -0.2) is 25.2 Å². The van der Waals surface area contributed by atoms with E-state index in [4.69, 9.17) is 13.9 Å². The number of carbonyl (C=O) groups is 2. The first-order valence-electron chi connectivity index (χ1n) is 3.71. The smallest absolute Gasteiger partial charge is 0.375 e. The Hall–Kier alpha value is -1.78. The van der Waals surface area contributed by atoms with E-state index in [1.807, 2.05) is 0 Å². The number of rotatable bonds is 0. The van der Waals surface area contributed by atoms with Gasteiger partial charge >= 0.3 is 11.9 Å². The molecule has 5 heteroatoms. The number of cyclic esters (lactones) is 2. The molecule has 13 heavy (non-hydrogen) atoms. The fourth-order valence-corrected chi connectivity index (χ4v) is 1.04. The van der Waals surface area contributed by atoms with E-state index in [2.05, 4.69) is 0 Å². The molecule has 5 nitrogen and oxygen atoms in total. The van der Waals surface area contributed by atoms with Crippen molar-refractivity contribution in [2.45, 2.75) is 0 Å². The summed E-state index contributed by atoms with van der Waals surface area (Å²) in [7, 11) is 0. The zero-order valence-corrected chi connectivity index (χ0v) is 6.61. The van der Waals surface area contributed by atoms with Gasteiger partial charge in [-0.1, -0.05) is 0 Å². The van der Waals surface area contributed by atoms with Crippen LogP contribution in [0.25, 0.3) is 0 Å². The van der Waals surface area contributed by atoms with Crippen molar-refractivity contribution in [2.24, 2.45) is 0 Å². The quantitative estimate of drug-likeness (QED) is 0.550. The van der Waals surface area contributed by atoms with Crippen LogP contribution < -0.4 is 0 Å². The Labute approximate surface area is 73.2 Å². The molecular weight excluding hydrogens is 176 g/mol. The van der Waals surface area contributed by atoms with Crippen molar-refractivity contribution in [3.8, 4) is 0 Å². The van der Waals surface area contributed by atoms with Gasteiger partial charge in [-0.15, -0.1) is 0 Å². The highest BCUT2D eigenvalue weighted by Crippen LogP contribution is 2.14. The van der Waals surface area contributed by atoms with Crippen LogP contribution in [0, 0.1) is 0 Å². The normalized spacial score (nSPS) is 16.6. The molecule has 0 saturated heterocycles. The molecule has 0 aliphatic carbocycles. The molecule has 0 N–H and O–H groups in total. The Kier molecular flexibility index (Phi) is 1.77. The summed E-state index contributed by atoms with van der Waals surface area (Å²) in [6.45, 7) is 0.139.